The van der Waals surface area contributed by atoms with Gasteiger partial charge >= 0.3 is 0 Å². The summed E-state index contributed by atoms with van der Waals surface area (Å²) >= 11 is 0. The highest BCUT2D eigenvalue weighted by Gasteiger charge is 2.66. The lowest BCUT2D eigenvalue weighted by Crippen LogP contribution is -2.62. The molecule has 0 saturated heterocycles. The predicted octanol–water partition coefficient (Wildman–Crippen LogP) is 8.34. The molecule has 1 N–H and O–H groups in total. The normalized spacial score (nSPS) is 46.9. The third-order valence-corrected chi connectivity index (χ3v) is 11.6. The summed E-state index contributed by atoms with van der Waals surface area (Å²) in [6.45, 7) is 19.7. The molecule has 0 bridgehead atoms. The molecule has 0 spiro atoms. The van der Waals surface area contributed by atoms with Crippen LogP contribution in [-0.4, -0.2) is 11.2 Å². The minimum atomic E-state index is -0.130. The maximum atomic E-state index is 10.8. The van der Waals surface area contributed by atoms with Gasteiger partial charge in [-0.25, -0.2) is 0 Å². The molecule has 0 heterocycles. The van der Waals surface area contributed by atoms with E-state index < -0.39 is 0 Å². The summed E-state index contributed by atoms with van der Waals surface area (Å²) in [5.74, 6) is 2.88. The lowest BCUT2D eigenvalue weighted by Gasteiger charge is -2.68. The molecular weight excluding hydrogens is 376 g/mol. The highest BCUT2D eigenvalue weighted by molar-refractivity contribution is 5.36. The van der Waals surface area contributed by atoms with Crippen molar-refractivity contribution in [3.63, 3.8) is 0 Å². The minimum Gasteiger partial charge on any atom is -0.393 e. The summed E-state index contributed by atoms with van der Waals surface area (Å²) < 4.78 is 0. The summed E-state index contributed by atoms with van der Waals surface area (Å²) in [6.07, 6.45) is 16.5. The molecule has 176 valence electrons. The first-order valence-corrected chi connectivity index (χ1v) is 13.4. The topological polar surface area (TPSA) is 20.2 Å². The second kappa shape index (κ2) is 7.75. The van der Waals surface area contributed by atoms with Crippen molar-refractivity contribution in [2.45, 2.75) is 119 Å². The van der Waals surface area contributed by atoms with E-state index in [0.717, 1.165) is 18.3 Å². The number of hydrogen-bond acceptors (Lipinski definition) is 1. The van der Waals surface area contributed by atoms with E-state index in [9.17, 15) is 5.11 Å². The van der Waals surface area contributed by atoms with Gasteiger partial charge in [0.15, 0.2) is 0 Å². The Morgan fingerprint density at radius 3 is 2.42 bits per heavy atom. The maximum Gasteiger partial charge on any atom is 0.0594 e. The van der Waals surface area contributed by atoms with Gasteiger partial charge in [0.2, 0.25) is 0 Å². The highest BCUT2D eigenvalue weighted by Crippen LogP contribution is 2.74. The molecule has 0 amide bonds. The fourth-order valence-electron chi connectivity index (χ4n) is 9.34. The molecule has 7 atom stereocenters. The fourth-order valence-corrected chi connectivity index (χ4v) is 9.34. The minimum absolute atomic E-state index is 0.0488. The lowest BCUT2D eigenvalue weighted by atomic mass is 9.37. The summed E-state index contributed by atoms with van der Waals surface area (Å²) in [4.78, 5) is 0. The molecule has 3 saturated carbocycles. The molecule has 1 nitrogen and oxygen atoms in total. The molecule has 31 heavy (non-hydrogen) atoms. The van der Waals surface area contributed by atoms with Gasteiger partial charge in [-0.15, -0.1) is 0 Å². The fraction of sp³-hybridized carbons (Fsp3) is 0.867. The Hall–Kier alpha value is -0.560. The third-order valence-electron chi connectivity index (χ3n) is 11.6. The van der Waals surface area contributed by atoms with Crippen LogP contribution in [0.2, 0.25) is 0 Å². The lowest BCUT2D eigenvalue weighted by molar-refractivity contribution is -0.192. The Balaban J connectivity index is 1.65. The van der Waals surface area contributed by atoms with Gasteiger partial charge < -0.3 is 5.11 Å². The monoisotopic (exact) mass is 426 g/mol. The van der Waals surface area contributed by atoms with Gasteiger partial charge in [-0.1, -0.05) is 71.8 Å². The van der Waals surface area contributed by atoms with Crippen LogP contribution in [0.25, 0.3) is 0 Å². The van der Waals surface area contributed by atoms with E-state index in [1.165, 1.54) is 51.4 Å². The molecule has 0 aromatic rings. The van der Waals surface area contributed by atoms with Gasteiger partial charge in [-0.05, 0) is 104 Å². The molecule has 0 unspecified atom stereocenters. The zero-order valence-electron chi connectivity index (χ0n) is 21.9. The van der Waals surface area contributed by atoms with Crippen LogP contribution in [0.5, 0.6) is 0 Å². The van der Waals surface area contributed by atoms with Crippen LogP contribution in [-0.2, 0) is 0 Å². The van der Waals surface area contributed by atoms with Gasteiger partial charge in [0.1, 0.15) is 0 Å². The Morgan fingerprint density at radius 2 is 1.74 bits per heavy atom. The smallest absolute Gasteiger partial charge is 0.0594 e. The molecular formula is C30H50O. The van der Waals surface area contributed by atoms with Crippen molar-refractivity contribution in [2.75, 3.05) is 0 Å². The van der Waals surface area contributed by atoms with Crippen LogP contribution in [0, 0.1) is 45.3 Å². The van der Waals surface area contributed by atoms with Crippen LogP contribution < -0.4 is 0 Å². The maximum absolute atomic E-state index is 10.8. The van der Waals surface area contributed by atoms with E-state index >= 15 is 0 Å². The van der Waals surface area contributed by atoms with Gasteiger partial charge in [0.05, 0.1) is 6.10 Å². The Morgan fingerprint density at radius 1 is 1.03 bits per heavy atom. The van der Waals surface area contributed by atoms with Crippen LogP contribution in [0.3, 0.4) is 0 Å². The van der Waals surface area contributed by atoms with Gasteiger partial charge in [0, 0.05) is 5.92 Å². The largest absolute Gasteiger partial charge is 0.393 e. The molecule has 0 aliphatic heterocycles. The number of rotatable bonds is 4. The van der Waals surface area contributed by atoms with Crippen molar-refractivity contribution in [3.8, 4) is 0 Å². The molecule has 4 rings (SSSR count). The first-order valence-electron chi connectivity index (χ1n) is 13.4. The molecule has 3 fully saturated rings. The molecule has 4 aliphatic carbocycles. The Bertz CT molecular complexity index is 756. The van der Waals surface area contributed by atoms with Crippen molar-refractivity contribution in [3.05, 3.63) is 23.3 Å². The number of hydrogen-bond donors (Lipinski definition) is 1. The summed E-state index contributed by atoms with van der Waals surface area (Å²) in [5, 5.41) is 10.8. The van der Waals surface area contributed by atoms with Crippen LogP contribution in [0.15, 0.2) is 23.3 Å². The van der Waals surface area contributed by atoms with Gasteiger partial charge in [-0.3, -0.25) is 0 Å². The second-order valence-electron chi connectivity index (χ2n) is 13.7. The first kappa shape index (κ1) is 23.6. The molecule has 4 aliphatic rings. The van der Waals surface area contributed by atoms with E-state index in [-0.39, 0.29) is 11.5 Å². The van der Waals surface area contributed by atoms with Crippen molar-refractivity contribution < 1.29 is 5.11 Å². The van der Waals surface area contributed by atoms with Crippen molar-refractivity contribution in [1.82, 2.24) is 0 Å². The average molecular weight is 427 g/mol. The van der Waals surface area contributed by atoms with Crippen LogP contribution >= 0.6 is 0 Å². The molecule has 0 aromatic heterocycles. The van der Waals surface area contributed by atoms with Gasteiger partial charge in [0.25, 0.3) is 0 Å². The van der Waals surface area contributed by atoms with Crippen molar-refractivity contribution >= 4 is 0 Å². The average Bonchev–Trinajstić information content (AvgIpc) is 3.03. The van der Waals surface area contributed by atoms with Crippen LogP contribution in [0.4, 0.5) is 0 Å². The zero-order valence-corrected chi connectivity index (χ0v) is 21.9. The third kappa shape index (κ3) is 3.34. The number of aliphatic hydroxyl groups is 1. The van der Waals surface area contributed by atoms with Gasteiger partial charge in [-0.2, -0.15) is 0 Å². The SMILES string of the molecule is C/C(=C/CCC(C)C)[C@H]1CC[C@]2(C)C1=CC[C@@H]1[C@@]3(C)CC[C@H](O)C(C)(C)[C@@H]3CC[C@]12C. The molecule has 0 radical (unpaired) electrons. The van der Waals surface area contributed by atoms with Crippen molar-refractivity contribution in [1.29, 1.82) is 0 Å². The first-order chi connectivity index (χ1) is 14.4. The van der Waals surface area contributed by atoms with E-state index in [1.54, 1.807) is 11.1 Å². The Kier molecular flexibility index (Phi) is 5.90. The highest BCUT2D eigenvalue weighted by atomic mass is 16.3. The van der Waals surface area contributed by atoms with E-state index in [4.69, 9.17) is 0 Å². The summed E-state index contributed by atoms with van der Waals surface area (Å²) in [6, 6.07) is 0. The van der Waals surface area contributed by atoms with E-state index in [2.05, 4.69) is 67.5 Å². The molecule has 1 heteroatoms. The number of fused-ring (bicyclic) bond motifs is 5. The second-order valence-corrected chi connectivity index (χ2v) is 13.7. The standard InChI is InChI=1S/C30H50O/c1-20(2)10-9-11-21(3)22-14-18-29(7)23(22)12-13-25-28(6)17-16-26(31)27(4,5)24(28)15-19-30(25,29)8/h11-12,20,22,24-26,31H,9-10,13-19H2,1-8H3/b21-11-/t22-,24+,25-,26+,28+,29-,30-/m1/s1. The van der Waals surface area contributed by atoms with Crippen LogP contribution in [0.1, 0.15) is 113 Å². The molecule has 0 aromatic carbocycles. The predicted molar refractivity (Wildman–Crippen MR) is 133 cm³/mol. The number of aliphatic hydroxyl groups excluding tert-OH is 1. The summed E-state index contributed by atoms with van der Waals surface area (Å²) in [7, 11) is 0. The quantitative estimate of drug-likeness (QED) is 0.448. The van der Waals surface area contributed by atoms with Crippen molar-refractivity contribution in [2.24, 2.45) is 45.3 Å². The number of allylic oxidation sites excluding steroid dienone is 4. The zero-order chi connectivity index (χ0) is 22.8. The Labute approximate surface area is 193 Å². The van der Waals surface area contributed by atoms with E-state index in [0.29, 0.717) is 28.1 Å². The van der Waals surface area contributed by atoms with E-state index in [1.807, 2.05) is 0 Å². The summed E-state index contributed by atoms with van der Waals surface area (Å²) in [5.41, 5.74) is 4.59.